The SMILES string of the molecule is O=C(C=C(c1ccccc1)c1ccc[nH]1)c1ccco1. The van der Waals surface area contributed by atoms with E-state index in [1.807, 2.05) is 48.7 Å². The number of nitrogens with one attached hydrogen (secondary N) is 1. The van der Waals surface area contributed by atoms with Crippen molar-refractivity contribution in [1.29, 1.82) is 0 Å². The largest absolute Gasteiger partial charge is 0.461 e. The van der Waals surface area contributed by atoms with Gasteiger partial charge in [0.15, 0.2) is 5.76 Å². The third-order valence-corrected chi connectivity index (χ3v) is 3.01. The molecule has 0 spiro atoms. The lowest BCUT2D eigenvalue weighted by molar-refractivity contribution is 0.102. The minimum atomic E-state index is -0.150. The summed E-state index contributed by atoms with van der Waals surface area (Å²) in [5.41, 5.74) is 2.72. The second-order valence-corrected chi connectivity index (χ2v) is 4.35. The summed E-state index contributed by atoms with van der Waals surface area (Å²) in [6.45, 7) is 0. The first-order valence-electron chi connectivity index (χ1n) is 6.33. The molecule has 3 rings (SSSR count). The van der Waals surface area contributed by atoms with Crippen molar-refractivity contribution in [2.45, 2.75) is 0 Å². The normalized spacial score (nSPS) is 11.5. The molecular formula is C17H13NO2. The Morgan fingerprint density at radius 1 is 1.00 bits per heavy atom. The lowest BCUT2D eigenvalue weighted by atomic mass is 10.0. The van der Waals surface area contributed by atoms with Gasteiger partial charge in [0, 0.05) is 17.5 Å². The Morgan fingerprint density at radius 2 is 1.85 bits per heavy atom. The molecule has 0 amide bonds. The van der Waals surface area contributed by atoms with Gasteiger partial charge in [-0.2, -0.15) is 0 Å². The van der Waals surface area contributed by atoms with Crippen LogP contribution in [0.5, 0.6) is 0 Å². The Bertz CT molecular complexity index is 708. The van der Waals surface area contributed by atoms with Crippen LogP contribution in [0.25, 0.3) is 5.57 Å². The first-order chi connectivity index (χ1) is 9.84. The molecule has 3 nitrogen and oxygen atoms in total. The van der Waals surface area contributed by atoms with Crippen LogP contribution in [0.3, 0.4) is 0 Å². The zero-order chi connectivity index (χ0) is 13.8. The van der Waals surface area contributed by atoms with Crippen molar-refractivity contribution in [2.75, 3.05) is 0 Å². The number of allylic oxidation sites excluding steroid dienone is 1. The number of rotatable bonds is 4. The molecule has 0 aliphatic carbocycles. The van der Waals surface area contributed by atoms with Gasteiger partial charge in [0.05, 0.1) is 6.26 Å². The van der Waals surface area contributed by atoms with Crippen molar-refractivity contribution >= 4 is 11.4 Å². The van der Waals surface area contributed by atoms with E-state index in [1.54, 1.807) is 18.2 Å². The van der Waals surface area contributed by atoms with Crippen molar-refractivity contribution < 1.29 is 9.21 Å². The van der Waals surface area contributed by atoms with Crippen molar-refractivity contribution in [2.24, 2.45) is 0 Å². The van der Waals surface area contributed by atoms with E-state index in [9.17, 15) is 4.79 Å². The topological polar surface area (TPSA) is 46.0 Å². The molecular weight excluding hydrogens is 250 g/mol. The third-order valence-electron chi connectivity index (χ3n) is 3.01. The number of carbonyl (C=O) groups is 1. The van der Waals surface area contributed by atoms with E-state index in [-0.39, 0.29) is 5.78 Å². The molecule has 0 saturated heterocycles. The van der Waals surface area contributed by atoms with Crippen molar-refractivity contribution in [3.8, 4) is 0 Å². The smallest absolute Gasteiger partial charge is 0.221 e. The van der Waals surface area contributed by atoms with Gasteiger partial charge in [0.1, 0.15) is 0 Å². The molecule has 0 aliphatic rings. The molecule has 0 fully saturated rings. The molecule has 2 heterocycles. The highest BCUT2D eigenvalue weighted by Crippen LogP contribution is 2.22. The molecule has 0 atom stereocenters. The standard InChI is InChI=1S/C17H13NO2/c19-16(17-9-5-11-20-17)12-14(15-8-4-10-18-15)13-6-2-1-3-7-13/h1-12,18H. The van der Waals surface area contributed by atoms with Crippen LogP contribution in [-0.2, 0) is 0 Å². The minimum absolute atomic E-state index is 0.150. The van der Waals surface area contributed by atoms with Gasteiger partial charge >= 0.3 is 0 Å². The van der Waals surface area contributed by atoms with Gasteiger partial charge in [-0.3, -0.25) is 4.79 Å². The Kier molecular flexibility index (Phi) is 3.33. The molecule has 0 saturated carbocycles. The predicted molar refractivity (Wildman–Crippen MR) is 77.4 cm³/mol. The summed E-state index contributed by atoms with van der Waals surface area (Å²) in [4.78, 5) is 15.3. The Labute approximate surface area is 116 Å². The Hall–Kier alpha value is -2.81. The molecule has 20 heavy (non-hydrogen) atoms. The van der Waals surface area contributed by atoms with Gasteiger partial charge in [-0.05, 0) is 35.9 Å². The minimum Gasteiger partial charge on any atom is -0.461 e. The number of carbonyl (C=O) groups excluding carboxylic acids is 1. The summed E-state index contributed by atoms with van der Waals surface area (Å²) in [5.74, 6) is 0.188. The lowest BCUT2D eigenvalue weighted by Crippen LogP contribution is -1.96. The molecule has 1 N–H and O–H groups in total. The van der Waals surface area contributed by atoms with Crippen molar-refractivity contribution in [1.82, 2.24) is 4.98 Å². The maximum Gasteiger partial charge on any atom is 0.221 e. The summed E-state index contributed by atoms with van der Waals surface area (Å²) in [7, 11) is 0. The van der Waals surface area contributed by atoms with Crippen LogP contribution in [0, 0.1) is 0 Å². The fourth-order valence-electron chi connectivity index (χ4n) is 2.05. The Morgan fingerprint density at radius 3 is 2.50 bits per heavy atom. The van der Waals surface area contributed by atoms with Gasteiger partial charge in [0.2, 0.25) is 5.78 Å². The first-order valence-corrected chi connectivity index (χ1v) is 6.33. The van der Waals surface area contributed by atoms with Crippen LogP contribution >= 0.6 is 0 Å². The first kappa shape index (κ1) is 12.2. The highest BCUT2D eigenvalue weighted by Gasteiger charge is 2.11. The van der Waals surface area contributed by atoms with Crippen LogP contribution in [0.1, 0.15) is 21.8 Å². The van der Waals surface area contributed by atoms with Crippen LogP contribution in [0.4, 0.5) is 0 Å². The molecule has 0 aliphatic heterocycles. The van der Waals surface area contributed by atoms with E-state index in [1.165, 1.54) is 6.26 Å². The summed E-state index contributed by atoms with van der Waals surface area (Å²) in [5, 5.41) is 0. The zero-order valence-corrected chi connectivity index (χ0v) is 10.7. The number of benzene rings is 1. The number of ketones is 1. The third kappa shape index (κ3) is 2.47. The summed E-state index contributed by atoms with van der Waals surface area (Å²) in [6, 6.07) is 17.0. The molecule has 2 aromatic heterocycles. The number of furan rings is 1. The van der Waals surface area contributed by atoms with E-state index in [0.29, 0.717) is 5.76 Å². The van der Waals surface area contributed by atoms with Crippen LogP contribution in [0.15, 0.2) is 77.6 Å². The van der Waals surface area contributed by atoms with E-state index < -0.39 is 0 Å². The second-order valence-electron chi connectivity index (χ2n) is 4.35. The van der Waals surface area contributed by atoms with Gasteiger partial charge in [-0.25, -0.2) is 0 Å². The summed E-state index contributed by atoms with van der Waals surface area (Å²) < 4.78 is 5.15. The van der Waals surface area contributed by atoms with Crippen LogP contribution < -0.4 is 0 Å². The maximum atomic E-state index is 12.2. The van der Waals surface area contributed by atoms with Crippen molar-refractivity contribution in [3.05, 3.63) is 90.2 Å². The van der Waals surface area contributed by atoms with E-state index in [2.05, 4.69) is 4.98 Å². The van der Waals surface area contributed by atoms with Crippen LogP contribution in [-0.4, -0.2) is 10.8 Å². The summed E-state index contributed by atoms with van der Waals surface area (Å²) in [6.07, 6.45) is 4.93. The average Bonchev–Trinajstić information content (AvgIpc) is 3.18. The fraction of sp³-hybridized carbons (Fsp3) is 0. The van der Waals surface area contributed by atoms with E-state index >= 15 is 0 Å². The van der Waals surface area contributed by atoms with Gasteiger partial charge < -0.3 is 9.40 Å². The fourth-order valence-corrected chi connectivity index (χ4v) is 2.05. The monoisotopic (exact) mass is 263 g/mol. The second kappa shape index (κ2) is 5.45. The molecule has 3 aromatic rings. The van der Waals surface area contributed by atoms with E-state index in [4.69, 9.17) is 4.42 Å². The number of hydrogen-bond donors (Lipinski definition) is 1. The van der Waals surface area contributed by atoms with Gasteiger partial charge in [-0.1, -0.05) is 30.3 Å². The number of hydrogen-bond acceptors (Lipinski definition) is 2. The highest BCUT2D eigenvalue weighted by molar-refractivity contribution is 6.08. The lowest BCUT2D eigenvalue weighted by Gasteiger charge is -2.05. The van der Waals surface area contributed by atoms with Gasteiger partial charge in [-0.15, -0.1) is 0 Å². The Balaban J connectivity index is 2.05. The zero-order valence-electron chi connectivity index (χ0n) is 10.7. The number of H-pyrrole nitrogens is 1. The summed E-state index contributed by atoms with van der Waals surface area (Å²) >= 11 is 0. The molecule has 3 heteroatoms. The average molecular weight is 263 g/mol. The molecule has 0 radical (unpaired) electrons. The quantitative estimate of drug-likeness (QED) is 0.572. The number of aromatic nitrogens is 1. The molecule has 1 aromatic carbocycles. The predicted octanol–water partition coefficient (Wildman–Crippen LogP) is 3.92. The van der Waals surface area contributed by atoms with E-state index in [0.717, 1.165) is 16.8 Å². The van der Waals surface area contributed by atoms with Crippen molar-refractivity contribution in [3.63, 3.8) is 0 Å². The molecule has 0 unspecified atom stereocenters. The maximum absolute atomic E-state index is 12.2. The number of aromatic amines is 1. The molecule has 0 bridgehead atoms. The molecule has 98 valence electrons. The van der Waals surface area contributed by atoms with Crippen LogP contribution in [0.2, 0.25) is 0 Å². The van der Waals surface area contributed by atoms with Gasteiger partial charge in [0.25, 0.3) is 0 Å². The highest BCUT2D eigenvalue weighted by atomic mass is 16.3.